The molecule has 0 atom stereocenters. The van der Waals surface area contributed by atoms with Crippen LogP contribution in [0.1, 0.15) is 44.9 Å². The third-order valence-electron chi connectivity index (χ3n) is 2.88. The van der Waals surface area contributed by atoms with Crippen LogP contribution in [0.15, 0.2) is 12.3 Å². The van der Waals surface area contributed by atoms with E-state index < -0.39 is 5.97 Å². The predicted molar refractivity (Wildman–Crippen MR) is 65.8 cm³/mol. The van der Waals surface area contributed by atoms with E-state index in [4.69, 9.17) is 5.11 Å². The molecule has 1 rings (SSSR count). The summed E-state index contributed by atoms with van der Waals surface area (Å²) in [6.45, 7) is 0.640. The van der Waals surface area contributed by atoms with Crippen LogP contribution in [-0.4, -0.2) is 34.2 Å². The molecular formula is C13H19NO4. The van der Waals surface area contributed by atoms with Crippen molar-refractivity contribution >= 4 is 17.7 Å². The van der Waals surface area contributed by atoms with Gasteiger partial charge >= 0.3 is 5.97 Å². The lowest BCUT2D eigenvalue weighted by Crippen LogP contribution is -2.31. The number of aliphatic carboxylic acids is 1. The minimum Gasteiger partial charge on any atom is -0.481 e. The fourth-order valence-corrected chi connectivity index (χ4v) is 1.85. The van der Waals surface area contributed by atoms with Crippen LogP contribution in [0.4, 0.5) is 0 Å². The van der Waals surface area contributed by atoms with Crippen molar-refractivity contribution in [3.63, 3.8) is 0 Å². The third kappa shape index (κ3) is 5.61. The summed E-state index contributed by atoms with van der Waals surface area (Å²) in [5.41, 5.74) is 0. The molecule has 0 unspecified atom stereocenters. The Morgan fingerprint density at radius 2 is 1.83 bits per heavy atom. The minimum atomic E-state index is -0.747. The first-order valence-corrected chi connectivity index (χ1v) is 6.32. The van der Waals surface area contributed by atoms with E-state index in [-0.39, 0.29) is 24.5 Å². The van der Waals surface area contributed by atoms with Crippen LogP contribution < -0.4 is 0 Å². The van der Waals surface area contributed by atoms with Gasteiger partial charge in [0.25, 0.3) is 0 Å². The van der Waals surface area contributed by atoms with Crippen molar-refractivity contribution < 1.29 is 19.5 Å². The summed E-state index contributed by atoms with van der Waals surface area (Å²) >= 11 is 0. The highest BCUT2D eigenvalue weighted by molar-refractivity contribution is 6.06. The number of nitrogens with zero attached hydrogens (tertiary/aromatic N) is 1. The zero-order chi connectivity index (χ0) is 13.4. The molecule has 0 aromatic heterocycles. The second kappa shape index (κ2) is 7.63. The van der Waals surface area contributed by atoms with Gasteiger partial charge < -0.3 is 10.0 Å². The molecule has 0 bridgehead atoms. The lowest BCUT2D eigenvalue weighted by Gasteiger charge is -2.20. The summed E-state index contributed by atoms with van der Waals surface area (Å²) in [4.78, 5) is 34.2. The molecule has 100 valence electrons. The molecule has 5 nitrogen and oxygen atoms in total. The van der Waals surface area contributed by atoms with Gasteiger partial charge in [-0.25, -0.2) is 0 Å². The predicted octanol–water partition coefficient (Wildman–Crippen LogP) is 1.73. The first-order chi connectivity index (χ1) is 8.59. The highest BCUT2D eigenvalue weighted by Gasteiger charge is 2.17. The quantitative estimate of drug-likeness (QED) is 0.528. The number of carboxylic acid groups (broad SMARTS) is 1. The monoisotopic (exact) mass is 253 g/mol. The van der Waals surface area contributed by atoms with E-state index in [0.717, 1.165) is 25.7 Å². The second-order valence-electron chi connectivity index (χ2n) is 4.46. The van der Waals surface area contributed by atoms with Crippen LogP contribution in [-0.2, 0) is 14.4 Å². The second-order valence-corrected chi connectivity index (χ2v) is 4.46. The van der Waals surface area contributed by atoms with Crippen molar-refractivity contribution in [2.24, 2.45) is 0 Å². The topological polar surface area (TPSA) is 74.7 Å². The Labute approximate surface area is 106 Å². The van der Waals surface area contributed by atoms with Gasteiger partial charge in [-0.05, 0) is 18.9 Å². The van der Waals surface area contributed by atoms with Crippen molar-refractivity contribution in [1.29, 1.82) is 0 Å². The molecule has 1 N–H and O–H groups in total. The summed E-state index contributed by atoms with van der Waals surface area (Å²) in [6.07, 6.45) is 7.68. The standard InChI is InChI=1S/C13H19NO4/c15-11-7-9-14(12(16)10-11)8-5-3-1-2-4-6-13(17)18/h7,9H,1-6,8,10H2,(H,17,18). The number of hydrogen-bond acceptors (Lipinski definition) is 3. The van der Waals surface area contributed by atoms with Crippen molar-refractivity contribution in [1.82, 2.24) is 4.90 Å². The molecule has 1 amide bonds. The van der Waals surface area contributed by atoms with Gasteiger partial charge in [-0.1, -0.05) is 19.3 Å². The third-order valence-corrected chi connectivity index (χ3v) is 2.88. The molecule has 0 aliphatic carbocycles. The molecule has 5 heteroatoms. The molecule has 0 fully saturated rings. The lowest BCUT2D eigenvalue weighted by atomic mass is 10.1. The summed E-state index contributed by atoms with van der Waals surface area (Å²) in [6, 6.07) is 0. The van der Waals surface area contributed by atoms with E-state index >= 15 is 0 Å². The number of amides is 1. The van der Waals surface area contributed by atoms with Gasteiger partial charge in [0.1, 0.15) is 0 Å². The van der Waals surface area contributed by atoms with Crippen molar-refractivity contribution in [3.05, 3.63) is 12.3 Å². The van der Waals surface area contributed by atoms with Crippen molar-refractivity contribution in [2.45, 2.75) is 44.9 Å². The molecule has 1 aliphatic heterocycles. The zero-order valence-electron chi connectivity index (χ0n) is 10.4. The number of ketones is 1. The molecule has 0 aromatic rings. The first kappa shape index (κ1) is 14.4. The SMILES string of the molecule is O=C(O)CCCCCCCN1C=CC(=O)CC1=O. The smallest absolute Gasteiger partial charge is 0.303 e. The first-order valence-electron chi connectivity index (χ1n) is 6.32. The molecular weight excluding hydrogens is 234 g/mol. The van der Waals surface area contributed by atoms with Crippen molar-refractivity contribution in [3.8, 4) is 0 Å². The Kier molecular flexibility index (Phi) is 6.11. The van der Waals surface area contributed by atoms with Gasteiger partial charge in [-0.15, -0.1) is 0 Å². The fraction of sp³-hybridized carbons (Fsp3) is 0.615. The number of carbonyl (C=O) groups is 3. The number of hydrogen-bond donors (Lipinski definition) is 1. The Balaban J connectivity index is 2.04. The summed E-state index contributed by atoms with van der Waals surface area (Å²) in [5, 5.41) is 8.46. The number of carboxylic acids is 1. The number of allylic oxidation sites excluding steroid dienone is 1. The van der Waals surface area contributed by atoms with Crippen LogP contribution in [0, 0.1) is 0 Å². The molecule has 1 heterocycles. The van der Waals surface area contributed by atoms with Gasteiger partial charge in [0.05, 0.1) is 6.42 Å². The van der Waals surface area contributed by atoms with E-state index in [2.05, 4.69) is 0 Å². The summed E-state index contributed by atoms with van der Waals surface area (Å²) in [5.74, 6) is -1.01. The van der Waals surface area contributed by atoms with Crippen LogP contribution in [0.5, 0.6) is 0 Å². The van der Waals surface area contributed by atoms with E-state index in [0.29, 0.717) is 13.0 Å². The lowest BCUT2D eigenvalue weighted by molar-refractivity contribution is -0.137. The van der Waals surface area contributed by atoms with Gasteiger partial charge in [0, 0.05) is 19.2 Å². The van der Waals surface area contributed by atoms with E-state index in [1.54, 1.807) is 11.1 Å². The van der Waals surface area contributed by atoms with Crippen LogP contribution in [0.2, 0.25) is 0 Å². The summed E-state index contributed by atoms with van der Waals surface area (Å²) < 4.78 is 0. The molecule has 0 spiro atoms. The maximum absolute atomic E-state index is 11.4. The number of rotatable bonds is 8. The van der Waals surface area contributed by atoms with Gasteiger partial charge in [0.2, 0.25) is 5.91 Å². The highest BCUT2D eigenvalue weighted by atomic mass is 16.4. The minimum absolute atomic E-state index is 0.0187. The van der Waals surface area contributed by atoms with Crippen LogP contribution in [0.25, 0.3) is 0 Å². The normalized spacial score (nSPS) is 15.2. The summed E-state index contributed by atoms with van der Waals surface area (Å²) in [7, 11) is 0. The largest absolute Gasteiger partial charge is 0.481 e. The van der Waals surface area contributed by atoms with Crippen molar-refractivity contribution in [2.75, 3.05) is 6.54 Å². The van der Waals surface area contributed by atoms with Crippen LogP contribution in [0.3, 0.4) is 0 Å². The molecule has 0 radical (unpaired) electrons. The van der Waals surface area contributed by atoms with Gasteiger partial charge in [-0.2, -0.15) is 0 Å². The Morgan fingerprint density at radius 1 is 1.17 bits per heavy atom. The fourth-order valence-electron chi connectivity index (χ4n) is 1.85. The highest BCUT2D eigenvalue weighted by Crippen LogP contribution is 2.09. The molecule has 1 aliphatic rings. The zero-order valence-corrected chi connectivity index (χ0v) is 10.4. The average molecular weight is 253 g/mol. The van der Waals surface area contributed by atoms with E-state index in [9.17, 15) is 14.4 Å². The molecule has 18 heavy (non-hydrogen) atoms. The Morgan fingerprint density at radius 3 is 2.50 bits per heavy atom. The maximum atomic E-state index is 11.4. The molecule has 0 aromatic carbocycles. The maximum Gasteiger partial charge on any atom is 0.303 e. The Hall–Kier alpha value is -1.65. The molecule has 0 saturated carbocycles. The number of unbranched alkanes of at least 4 members (excludes halogenated alkanes) is 4. The van der Waals surface area contributed by atoms with Gasteiger partial charge in [0.15, 0.2) is 5.78 Å². The van der Waals surface area contributed by atoms with Gasteiger partial charge in [-0.3, -0.25) is 14.4 Å². The van der Waals surface area contributed by atoms with E-state index in [1.165, 1.54) is 6.08 Å². The van der Waals surface area contributed by atoms with Crippen LogP contribution >= 0.6 is 0 Å². The molecule has 0 saturated heterocycles. The number of carbonyl (C=O) groups excluding carboxylic acids is 2. The van der Waals surface area contributed by atoms with E-state index in [1.807, 2.05) is 0 Å². The Bertz CT molecular complexity index is 349. The average Bonchev–Trinajstić information content (AvgIpc) is 2.30.